The molecule has 0 amide bonds. The Hall–Kier alpha value is -2.46. The van der Waals surface area contributed by atoms with Crippen LogP contribution in [0.15, 0.2) is 24.3 Å². The normalized spacial score (nSPS) is 14.4. The molecular weight excluding hydrogens is 1230 g/mol. The molecule has 0 saturated heterocycles. The molecule has 17 nitrogen and oxygen atoms in total. The van der Waals surface area contributed by atoms with Gasteiger partial charge in [-0.1, -0.05) is 316 Å². The fourth-order valence-corrected chi connectivity index (χ4v) is 12.5. The van der Waals surface area contributed by atoms with Gasteiger partial charge in [0.15, 0.2) is 12.2 Å². The van der Waals surface area contributed by atoms with Crippen molar-refractivity contribution < 1.29 is 80.2 Å². The van der Waals surface area contributed by atoms with Crippen LogP contribution in [0.3, 0.4) is 0 Å². The van der Waals surface area contributed by atoms with E-state index < -0.39 is 97.5 Å². The third kappa shape index (κ3) is 66.8. The molecule has 19 heteroatoms. The molecule has 554 valence electrons. The van der Waals surface area contributed by atoms with Gasteiger partial charge >= 0.3 is 39.5 Å². The highest BCUT2D eigenvalue weighted by molar-refractivity contribution is 7.47. The first-order valence-electron chi connectivity index (χ1n) is 38.5. The van der Waals surface area contributed by atoms with Crippen LogP contribution in [0.4, 0.5) is 0 Å². The van der Waals surface area contributed by atoms with Crippen molar-refractivity contribution in [2.45, 2.75) is 387 Å². The van der Waals surface area contributed by atoms with Gasteiger partial charge < -0.3 is 33.8 Å². The van der Waals surface area contributed by atoms with Gasteiger partial charge in [-0.3, -0.25) is 37.3 Å². The van der Waals surface area contributed by atoms with E-state index in [1.54, 1.807) is 0 Å². The van der Waals surface area contributed by atoms with E-state index in [9.17, 15) is 43.2 Å². The maximum absolute atomic E-state index is 13.1. The number of aliphatic hydroxyl groups is 1. The summed E-state index contributed by atoms with van der Waals surface area (Å²) in [6.07, 6.45) is 59.0. The van der Waals surface area contributed by atoms with Crippen LogP contribution in [0.2, 0.25) is 0 Å². The summed E-state index contributed by atoms with van der Waals surface area (Å²) >= 11 is 0. The molecule has 3 unspecified atom stereocenters. The monoisotopic (exact) mass is 1380 g/mol. The van der Waals surface area contributed by atoms with Crippen LogP contribution in [0, 0.1) is 5.92 Å². The van der Waals surface area contributed by atoms with Crippen LogP contribution in [0.1, 0.15) is 369 Å². The molecule has 0 bridgehead atoms. The van der Waals surface area contributed by atoms with E-state index in [0.29, 0.717) is 25.7 Å². The summed E-state index contributed by atoms with van der Waals surface area (Å²) in [5.74, 6) is -1.30. The number of esters is 4. The molecule has 0 saturated carbocycles. The van der Waals surface area contributed by atoms with Gasteiger partial charge in [-0.05, 0) is 57.3 Å². The quantitative estimate of drug-likeness (QED) is 0.0169. The van der Waals surface area contributed by atoms with Crippen molar-refractivity contribution in [1.29, 1.82) is 0 Å². The minimum Gasteiger partial charge on any atom is -0.462 e. The van der Waals surface area contributed by atoms with Crippen LogP contribution in [0.5, 0.6) is 0 Å². The summed E-state index contributed by atoms with van der Waals surface area (Å²) in [4.78, 5) is 72.7. The number of hydrogen-bond donors (Lipinski definition) is 3. The van der Waals surface area contributed by atoms with Crippen molar-refractivity contribution in [2.75, 3.05) is 39.6 Å². The Morgan fingerprint density at radius 1 is 0.340 bits per heavy atom. The highest BCUT2D eigenvalue weighted by atomic mass is 31.2. The molecule has 0 aromatic heterocycles. The predicted molar refractivity (Wildman–Crippen MR) is 381 cm³/mol. The van der Waals surface area contributed by atoms with Crippen molar-refractivity contribution >= 4 is 39.5 Å². The first kappa shape index (κ1) is 91.5. The van der Waals surface area contributed by atoms with Crippen molar-refractivity contribution in [3.8, 4) is 0 Å². The van der Waals surface area contributed by atoms with Crippen molar-refractivity contribution in [2.24, 2.45) is 5.92 Å². The second kappa shape index (κ2) is 67.7. The van der Waals surface area contributed by atoms with E-state index in [0.717, 1.165) is 121 Å². The van der Waals surface area contributed by atoms with Crippen LogP contribution in [-0.2, 0) is 65.4 Å². The molecule has 0 aromatic carbocycles. The van der Waals surface area contributed by atoms with Crippen molar-refractivity contribution in [3.05, 3.63) is 24.3 Å². The van der Waals surface area contributed by atoms with Gasteiger partial charge in [-0.2, -0.15) is 0 Å². The number of hydrogen-bond acceptors (Lipinski definition) is 15. The minimum atomic E-state index is -4.96. The summed E-state index contributed by atoms with van der Waals surface area (Å²) in [6, 6.07) is 0. The average Bonchev–Trinajstić information content (AvgIpc) is 1.32. The maximum atomic E-state index is 13.1. The number of ether oxygens (including phenoxy) is 4. The van der Waals surface area contributed by atoms with E-state index in [-0.39, 0.29) is 25.7 Å². The van der Waals surface area contributed by atoms with E-state index in [1.165, 1.54) is 167 Å². The second-order valence-corrected chi connectivity index (χ2v) is 29.5. The zero-order chi connectivity index (χ0) is 69.1. The lowest BCUT2D eigenvalue weighted by Crippen LogP contribution is -2.30. The first-order valence-corrected chi connectivity index (χ1v) is 41.5. The number of allylic oxidation sites excluding steroid dienone is 4. The van der Waals surface area contributed by atoms with Gasteiger partial charge in [0, 0.05) is 25.7 Å². The van der Waals surface area contributed by atoms with Gasteiger partial charge in [0.25, 0.3) is 0 Å². The summed E-state index contributed by atoms with van der Waals surface area (Å²) in [5, 5.41) is 10.6. The number of carbonyl (C=O) groups excluding carboxylic acids is 4. The van der Waals surface area contributed by atoms with Gasteiger partial charge in [0.2, 0.25) is 0 Å². The summed E-state index contributed by atoms with van der Waals surface area (Å²) < 4.78 is 68.4. The van der Waals surface area contributed by atoms with Gasteiger partial charge in [0.05, 0.1) is 26.4 Å². The van der Waals surface area contributed by atoms with Gasteiger partial charge in [-0.15, -0.1) is 0 Å². The number of phosphoric ester groups is 2. The molecule has 0 aromatic rings. The molecule has 0 fully saturated rings. The van der Waals surface area contributed by atoms with Crippen molar-refractivity contribution in [1.82, 2.24) is 0 Å². The molecule has 0 spiro atoms. The Morgan fingerprint density at radius 2 is 0.596 bits per heavy atom. The molecule has 0 aliphatic heterocycles. The fraction of sp³-hybridized carbons (Fsp3) is 0.893. The zero-order valence-electron chi connectivity index (χ0n) is 60.6. The smallest absolute Gasteiger partial charge is 0.462 e. The number of aliphatic hydroxyl groups excluding tert-OH is 1. The van der Waals surface area contributed by atoms with E-state index >= 15 is 0 Å². The molecule has 0 rings (SSSR count). The van der Waals surface area contributed by atoms with E-state index in [2.05, 4.69) is 58.9 Å². The summed E-state index contributed by atoms with van der Waals surface area (Å²) in [7, 11) is -9.92. The molecule has 0 aliphatic carbocycles. The molecular formula is C75H142O17P2. The third-order valence-electron chi connectivity index (χ3n) is 17.3. The molecule has 0 radical (unpaired) electrons. The Labute approximate surface area is 573 Å². The van der Waals surface area contributed by atoms with E-state index in [1.807, 2.05) is 0 Å². The highest BCUT2D eigenvalue weighted by Gasteiger charge is 2.30. The molecule has 0 heterocycles. The average molecular weight is 1380 g/mol. The number of rotatable bonds is 73. The van der Waals surface area contributed by atoms with Crippen LogP contribution in [-0.4, -0.2) is 96.7 Å². The fourth-order valence-electron chi connectivity index (χ4n) is 11.0. The largest absolute Gasteiger partial charge is 0.472 e. The third-order valence-corrected chi connectivity index (χ3v) is 19.2. The van der Waals surface area contributed by atoms with E-state index in [4.69, 9.17) is 37.0 Å². The van der Waals surface area contributed by atoms with Gasteiger partial charge in [0.1, 0.15) is 19.3 Å². The Morgan fingerprint density at radius 3 is 0.904 bits per heavy atom. The van der Waals surface area contributed by atoms with Crippen molar-refractivity contribution in [3.63, 3.8) is 0 Å². The topological polar surface area (TPSA) is 237 Å². The molecule has 6 atom stereocenters. The molecule has 3 N–H and O–H groups in total. The minimum absolute atomic E-state index is 0.101. The highest BCUT2D eigenvalue weighted by Crippen LogP contribution is 2.45. The maximum Gasteiger partial charge on any atom is 0.472 e. The summed E-state index contributed by atoms with van der Waals surface area (Å²) in [5.41, 5.74) is 0. The Kier molecular flexibility index (Phi) is 65.9. The van der Waals surface area contributed by atoms with Gasteiger partial charge in [-0.25, -0.2) is 9.13 Å². The van der Waals surface area contributed by atoms with Crippen LogP contribution >= 0.6 is 15.6 Å². The number of phosphoric acid groups is 2. The molecule has 0 aliphatic rings. The second-order valence-electron chi connectivity index (χ2n) is 26.6. The Bertz CT molecular complexity index is 1900. The SMILES string of the molecule is CCCCCC/C=C\C=C/CCCCCCCC(=O)OC[C@H](COP(=O)(O)OC[C@@H](O)COP(=O)(O)OC[C@@H](COC(=O)CCCCCCCCCC)OC(=O)CCCCCCCCCCCCCCC)OC(=O)CCCCCCCCCCCCCCCCC(C)CC. The summed E-state index contributed by atoms with van der Waals surface area (Å²) in [6.45, 7) is 7.25. The standard InChI is InChI=1S/C75H142O17P2/c1-6-10-13-16-19-22-24-26-27-32-35-39-44-49-54-59-73(78)86-65-71(92-75(80)61-56-51-46-41-37-33-29-28-31-34-38-42-47-52-57-68(5)9-4)67-90-94(83,84)88-63-69(76)62-87-93(81,82)89-66-70(64-85-72(77)58-53-48-43-21-18-15-12-8-3)91-74(79)60-55-50-45-40-36-30-25-23-20-17-14-11-7-2/h22,24,26-27,68-71,76H,6-21,23,25,28-67H2,1-5H3,(H,81,82)(H,83,84)/b24-22-,27-26-/t68?,69-,70+,71+/m0/s1. The lowest BCUT2D eigenvalue weighted by atomic mass is 9.99. The lowest BCUT2D eigenvalue weighted by molar-refractivity contribution is -0.161. The Balaban J connectivity index is 5.25. The predicted octanol–water partition coefficient (Wildman–Crippen LogP) is 21.6. The van der Waals surface area contributed by atoms with Crippen LogP contribution in [0.25, 0.3) is 0 Å². The molecule has 94 heavy (non-hydrogen) atoms. The first-order chi connectivity index (χ1) is 45.6. The number of carbonyl (C=O) groups is 4. The number of unbranched alkanes of at least 4 members (excludes halogenated alkanes) is 41. The zero-order valence-corrected chi connectivity index (χ0v) is 62.4. The lowest BCUT2D eigenvalue weighted by Gasteiger charge is -2.21. The van der Waals surface area contributed by atoms with Crippen LogP contribution < -0.4 is 0 Å².